The molecule has 4 aromatic rings. The fraction of sp³-hybridized carbons (Fsp3) is 0.125. The number of hydrogen-bond acceptors (Lipinski definition) is 6. The maximum absolute atomic E-state index is 12.9. The SMILES string of the molecule is COc1cc(NC(=O)N[C@@H](c2ccccc2)c2nnc(-c3ccccc3)o2)cc(OC)c1. The van der Waals surface area contributed by atoms with Gasteiger partial charge in [-0.05, 0) is 17.7 Å². The minimum atomic E-state index is -0.645. The van der Waals surface area contributed by atoms with Crippen LogP contribution < -0.4 is 20.1 Å². The highest BCUT2D eigenvalue weighted by Crippen LogP contribution is 2.27. The Morgan fingerprint density at radius 2 is 1.50 bits per heavy atom. The Morgan fingerprint density at radius 1 is 0.875 bits per heavy atom. The first-order valence-electron chi connectivity index (χ1n) is 9.90. The summed E-state index contributed by atoms with van der Waals surface area (Å²) in [6, 6.07) is 22.9. The Balaban J connectivity index is 1.59. The van der Waals surface area contributed by atoms with Gasteiger partial charge >= 0.3 is 6.03 Å². The van der Waals surface area contributed by atoms with Crippen LogP contribution in [0.2, 0.25) is 0 Å². The average Bonchev–Trinajstić information content (AvgIpc) is 3.33. The molecule has 3 aromatic carbocycles. The highest BCUT2D eigenvalue weighted by Gasteiger charge is 2.23. The summed E-state index contributed by atoms with van der Waals surface area (Å²) in [4.78, 5) is 12.9. The highest BCUT2D eigenvalue weighted by atomic mass is 16.5. The molecule has 4 rings (SSSR count). The van der Waals surface area contributed by atoms with Gasteiger partial charge < -0.3 is 24.5 Å². The predicted octanol–water partition coefficient (Wildman–Crippen LogP) is 4.66. The van der Waals surface area contributed by atoms with Crippen molar-refractivity contribution in [1.82, 2.24) is 15.5 Å². The summed E-state index contributed by atoms with van der Waals surface area (Å²) in [6.45, 7) is 0. The molecule has 1 aromatic heterocycles. The summed E-state index contributed by atoms with van der Waals surface area (Å²) < 4.78 is 16.4. The van der Waals surface area contributed by atoms with Crippen molar-refractivity contribution in [2.24, 2.45) is 0 Å². The van der Waals surface area contributed by atoms with E-state index >= 15 is 0 Å². The van der Waals surface area contributed by atoms with Crippen molar-refractivity contribution in [2.45, 2.75) is 6.04 Å². The van der Waals surface area contributed by atoms with E-state index in [9.17, 15) is 4.79 Å². The lowest BCUT2D eigenvalue weighted by Crippen LogP contribution is -2.33. The Bertz CT molecular complexity index is 1160. The lowest BCUT2D eigenvalue weighted by atomic mass is 10.1. The van der Waals surface area contributed by atoms with Gasteiger partial charge in [0.25, 0.3) is 0 Å². The van der Waals surface area contributed by atoms with Crippen LogP contribution in [0.3, 0.4) is 0 Å². The van der Waals surface area contributed by atoms with Crippen LogP contribution in [0.25, 0.3) is 11.5 Å². The van der Waals surface area contributed by atoms with E-state index < -0.39 is 12.1 Å². The Kier molecular flexibility index (Phi) is 6.31. The van der Waals surface area contributed by atoms with Crippen LogP contribution in [0.4, 0.5) is 10.5 Å². The van der Waals surface area contributed by atoms with Crippen molar-refractivity contribution >= 4 is 11.7 Å². The van der Waals surface area contributed by atoms with Gasteiger partial charge in [-0.25, -0.2) is 4.79 Å². The van der Waals surface area contributed by atoms with Crippen molar-refractivity contribution in [1.29, 1.82) is 0 Å². The maximum atomic E-state index is 12.9. The molecule has 0 saturated heterocycles. The number of benzene rings is 3. The fourth-order valence-corrected chi connectivity index (χ4v) is 3.16. The van der Waals surface area contributed by atoms with Gasteiger partial charge in [-0.3, -0.25) is 0 Å². The quantitative estimate of drug-likeness (QED) is 0.442. The molecule has 0 radical (unpaired) electrons. The summed E-state index contributed by atoms with van der Waals surface area (Å²) in [5, 5.41) is 14.0. The first kappa shape index (κ1) is 20.9. The van der Waals surface area contributed by atoms with Crippen molar-refractivity contribution in [3.63, 3.8) is 0 Å². The zero-order chi connectivity index (χ0) is 22.3. The normalized spacial score (nSPS) is 11.4. The molecule has 1 heterocycles. The Labute approximate surface area is 185 Å². The fourth-order valence-electron chi connectivity index (χ4n) is 3.16. The number of methoxy groups -OCH3 is 2. The summed E-state index contributed by atoms with van der Waals surface area (Å²) >= 11 is 0. The molecule has 32 heavy (non-hydrogen) atoms. The molecule has 0 fully saturated rings. The van der Waals surface area contributed by atoms with Crippen LogP contribution in [0.5, 0.6) is 11.5 Å². The lowest BCUT2D eigenvalue weighted by molar-refractivity contribution is 0.248. The topological polar surface area (TPSA) is 98.5 Å². The van der Waals surface area contributed by atoms with Crippen LogP contribution in [-0.4, -0.2) is 30.4 Å². The third-order valence-electron chi connectivity index (χ3n) is 4.73. The number of amides is 2. The smallest absolute Gasteiger partial charge is 0.320 e. The average molecular weight is 430 g/mol. The third kappa shape index (κ3) is 4.86. The Hall–Kier alpha value is -4.33. The molecule has 0 spiro atoms. The molecule has 8 nitrogen and oxygen atoms in total. The number of urea groups is 1. The van der Waals surface area contributed by atoms with Crippen LogP contribution >= 0.6 is 0 Å². The van der Waals surface area contributed by atoms with Crippen molar-refractivity contribution in [3.05, 3.63) is 90.3 Å². The second-order valence-electron chi connectivity index (χ2n) is 6.85. The number of anilines is 1. The molecular formula is C24H22N4O4. The molecular weight excluding hydrogens is 408 g/mol. The van der Waals surface area contributed by atoms with E-state index in [0.717, 1.165) is 11.1 Å². The van der Waals surface area contributed by atoms with E-state index in [-0.39, 0.29) is 5.89 Å². The van der Waals surface area contributed by atoms with Gasteiger partial charge in [-0.1, -0.05) is 48.5 Å². The number of hydrogen-bond donors (Lipinski definition) is 2. The zero-order valence-electron chi connectivity index (χ0n) is 17.6. The molecule has 0 aliphatic carbocycles. The van der Waals surface area contributed by atoms with E-state index in [4.69, 9.17) is 13.9 Å². The molecule has 0 aliphatic rings. The molecule has 2 amide bonds. The Morgan fingerprint density at radius 3 is 2.12 bits per heavy atom. The van der Waals surface area contributed by atoms with Gasteiger partial charge in [-0.15, -0.1) is 10.2 Å². The number of nitrogens with one attached hydrogen (secondary N) is 2. The first-order valence-corrected chi connectivity index (χ1v) is 9.90. The van der Waals surface area contributed by atoms with Gasteiger partial charge in [0.1, 0.15) is 17.5 Å². The second-order valence-corrected chi connectivity index (χ2v) is 6.85. The van der Waals surface area contributed by atoms with E-state index in [1.165, 1.54) is 0 Å². The van der Waals surface area contributed by atoms with Crippen LogP contribution in [-0.2, 0) is 0 Å². The first-order chi connectivity index (χ1) is 15.7. The monoisotopic (exact) mass is 430 g/mol. The predicted molar refractivity (Wildman–Crippen MR) is 120 cm³/mol. The molecule has 0 saturated carbocycles. The van der Waals surface area contributed by atoms with E-state index in [1.807, 2.05) is 60.7 Å². The number of carbonyl (C=O) groups is 1. The van der Waals surface area contributed by atoms with E-state index in [2.05, 4.69) is 20.8 Å². The molecule has 1 atom stereocenters. The van der Waals surface area contributed by atoms with Gasteiger partial charge in [-0.2, -0.15) is 0 Å². The van der Waals surface area contributed by atoms with Crippen LogP contribution in [0.15, 0.2) is 83.3 Å². The maximum Gasteiger partial charge on any atom is 0.320 e. The molecule has 0 unspecified atom stereocenters. The molecule has 2 N–H and O–H groups in total. The van der Waals surface area contributed by atoms with Gasteiger partial charge in [0.15, 0.2) is 0 Å². The largest absolute Gasteiger partial charge is 0.497 e. The highest BCUT2D eigenvalue weighted by molar-refractivity contribution is 5.90. The molecule has 8 heteroatoms. The second kappa shape index (κ2) is 9.65. The third-order valence-corrected chi connectivity index (χ3v) is 4.73. The van der Waals surface area contributed by atoms with Crippen LogP contribution in [0, 0.1) is 0 Å². The number of nitrogens with zero attached hydrogens (tertiary/aromatic N) is 2. The summed E-state index contributed by atoms with van der Waals surface area (Å²) in [5.74, 6) is 1.77. The summed E-state index contributed by atoms with van der Waals surface area (Å²) in [7, 11) is 3.09. The minimum Gasteiger partial charge on any atom is -0.497 e. The summed E-state index contributed by atoms with van der Waals surface area (Å²) in [6.07, 6.45) is 0. The summed E-state index contributed by atoms with van der Waals surface area (Å²) in [5.41, 5.74) is 2.11. The molecule has 0 bridgehead atoms. The van der Waals surface area contributed by atoms with Gasteiger partial charge in [0.2, 0.25) is 11.8 Å². The zero-order valence-corrected chi connectivity index (χ0v) is 17.6. The van der Waals surface area contributed by atoms with Gasteiger partial charge in [0.05, 0.1) is 14.2 Å². The molecule has 0 aliphatic heterocycles. The number of rotatable bonds is 7. The lowest BCUT2D eigenvalue weighted by Gasteiger charge is -2.17. The van der Waals surface area contributed by atoms with Crippen molar-refractivity contribution in [3.8, 4) is 23.0 Å². The minimum absolute atomic E-state index is 0.272. The van der Waals surface area contributed by atoms with Gasteiger partial charge in [0, 0.05) is 29.4 Å². The standard InChI is InChI=1S/C24H22N4O4/c1-30-19-13-18(14-20(15-19)31-2)25-24(29)26-21(16-9-5-3-6-10-16)23-28-27-22(32-23)17-11-7-4-8-12-17/h3-15,21H,1-2H3,(H2,25,26,29)/t21-/m0/s1. The van der Waals surface area contributed by atoms with Crippen molar-refractivity contribution in [2.75, 3.05) is 19.5 Å². The number of carbonyl (C=O) groups excluding carboxylic acids is 1. The number of aromatic nitrogens is 2. The number of ether oxygens (including phenoxy) is 2. The van der Waals surface area contributed by atoms with Crippen LogP contribution in [0.1, 0.15) is 17.5 Å². The molecule has 162 valence electrons. The van der Waals surface area contributed by atoms with Crippen molar-refractivity contribution < 1.29 is 18.7 Å². The van der Waals surface area contributed by atoms with E-state index in [0.29, 0.717) is 23.1 Å². The van der Waals surface area contributed by atoms with E-state index in [1.54, 1.807) is 32.4 Å².